The molecular formula is C19H22N2O3. The number of hydrogen-bond acceptors (Lipinski definition) is 4. The van der Waals surface area contributed by atoms with Crippen LogP contribution in [-0.2, 0) is 9.53 Å². The van der Waals surface area contributed by atoms with E-state index in [0.717, 1.165) is 11.3 Å². The minimum absolute atomic E-state index is 0.163. The topological polar surface area (TPSA) is 67.4 Å². The highest BCUT2D eigenvalue weighted by Gasteiger charge is 2.13. The molecule has 0 atom stereocenters. The number of methoxy groups -OCH3 is 1. The third-order valence-electron chi connectivity index (χ3n) is 3.67. The van der Waals surface area contributed by atoms with Crippen molar-refractivity contribution >= 4 is 23.3 Å². The van der Waals surface area contributed by atoms with Crippen LogP contribution in [0.3, 0.4) is 0 Å². The molecule has 0 aliphatic carbocycles. The Balaban J connectivity index is 1.92. The molecule has 0 fully saturated rings. The molecule has 0 bridgehead atoms. The van der Waals surface area contributed by atoms with E-state index in [1.165, 1.54) is 12.7 Å². The number of para-hydroxylation sites is 1. The van der Waals surface area contributed by atoms with Crippen molar-refractivity contribution in [2.24, 2.45) is 0 Å². The summed E-state index contributed by atoms with van der Waals surface area (Å²) < 4.78 is 4.72. The Hall–Kier alpha value is -2.82. The van der Waals surface area contributed by atoms with Crippen molar-refractivity contribution < 1.29 is 14.3 Å². The first-order chi connectivity index (χ1) is 11.5. The molecule has 0 aliphatic heterocycles. The number of hydrogen-bond donors (Lipinski definition) is 2. The fraction of sp³-hybridized carbons (Fsp3) is 0.263. The fourth-order valence-electron chi connectivity index (χ4n) is 2.33. The average Bonchev–Trinajstić information content (AvgIpc) is 2.57. The number of anilines is 2. The normalized spacial score (nSPS) is 10.1. The first-order valence-electron chi connectivity index (χ1n) is 7.79. The highest BCUT2D eigenvalue weighted by atomic mass is 16.5. The number of ether oxygens (including phenoxy) is 1. The molecule has 0 aromatic heterocycles. The summed E-state index contributed by atoms with van der Waals surface area (Å²) in [4.78, 5) is 23.8. The van der Waals surface area contributed by atoms with Crippen LogP contribution in [0.25, 0.3) is 0 Å². The SMILES string of the molecule is COC(=O)c1ccccc1NC(=O)CCNc1cc(C)ccc1C. The molecule has 5 heteroatoms. The molecular weight excluding hydrogens is 304 g/mol. The summed E-state index contributed by atoms with van der Waals surface area (Å²) >= 11 is 0. The summed E-state index contributed by atoms with van der Waals surface area (Å²) in [7, 11) is 1.31. The van der Waals surface area contributed by atoms with Gasteiger partial charge in [0.15, 0.2) is 0 Å². The summed E-state index contributed by atoms with van der Waals surface area (Å²) in [5.41, 5.74) is 4.13. The number of carbonyl (C=O) groups excluding carboxylic acids is 2. The Bertz CT molecular complexity index is 741. The highest BCUT2D eigenvalue weighted by molar-refractivity contribution is 6.01. The molecule has 2 N–H and O–H groups in total. The van der Waals surface area contributed by atoms with Gasteiger partial charge in [-0.2, -0.15) is 0 Å². The average molecular weight is 326 g/mol. The van der Waals surface area contributed by atoms with Gasteiger partial charge in [-0.15, -0.1) is 0 Å². The van der Waals surface area contributed by atoms with E-state index in [-0.39, 0.29) is 5.91 Å². The van der Waals surface area contributed by atoms with Crippen LogP contribution in [0.5, 0.6) is 0 Å². The van der Waals surface area contributed by atoms with Crippen LogP contribution in [0.15, 0.2) is 42.5 Å². The molecule has 2 aromatic carbocycles. The van der Waals surface area contributed by atoms with E-state index in [1.54, 1.807) is 24.3 Å². The minimum atomic E-state index is -0.473. The number of aryl methyl sites for hydroxylation is 2. The van der Waals surface area contributed by atoms with Gasteiger partial charge < -0.3 is 15.4 Å². The number of esters is 1. The first-order valence-corrected chi connectivity index (χ1v) is 7.79. The van der Waals surface area contributed by atoms with Crippen molar-refractivity contribution in [3.63, 3.8) is 0 Å². The summed E-state index contributed by atoms with van der Waals surface area (Å²) in [5.74, 6) is -0.636. The molecule has 2 rings (SSSR count). The second kappa shape index (κ2) is 8.15. The first kappa shape index (κ1) is 17.5. The molecule has 5 nitrogen and oxygen atoms in total. The molecule has 2 aromatic rings. The van der Waals surface area contributed by atoms with Gasteiger partial charge in [0, 0.05) is 18.7 Å². The van der Waals surface area contributed by atoms with Crippen molar-refractivity contribution in [2.75, 3.05) is 24.3 Å². The van der Waals surface area contributed by atoms with Crippen molar-refractivity contribution in [1.82, 2.24) is 0 Å². The van der Waals surface area contributed by atoms with E-state index < -0.39 is 5.97 Å². The van der Waals surface area contributed by atoms with E-state index >= 15 is 0 Å². The van der Waals surface area contributed by atoms with Gasteiger partial charge in [-0.25, -0.2) is 4.79 Å². The van der Waals surface area contributed by atoms with Gasteiger partial charge in [0.2, 0.25) is 5.91 Å². The van der Waals surface area contributed by atoms with Gasteiger partial charge in [0.25, 0.3) is 0 Å². The largest absolute Gasteiger partial charge is 0.465 e. The molecule has 0 radical (unpaired) electrons. The van der Waals surface area contributed by atoms with Crippen molar-refractivity contribution in [3.05, 3.63) is 59.2 Å². The number of nitrogens with one attached hydrogen (secondary N) is 2. The molecule has 0 saturated heterocycles. The molecule has 126 valence electrons. The van der Waals surface area contributed by atoms with Crippen molar-refractivity contribution in [1.29, 1.82) is 0 Å². The predicted octanol–water partition coefficient (Wildman–Crippen LogP) is 3.53. The lowest BCUT2D eigenvalue weighted by molar-refractivity contribution is -0.115. The van der Waals surface area contributed by atoms with Gasteiger partial charge in [-0.1, -0.05) is 24.3 Å². The number of benzene rings is 2. The van der Waals surface area contributed by atoms with E-state index in [4.69, 9.17) is 4.74 Å². The predicted molar refractivity (Wildman–Crippen MR) is 95.4 cm³/mol. The zero-order valence-electron chi connectivity index (χ0n) is 14.2. The Labute approximate surface area is 142 Å². The maximum Gasteiger partial charge on any atom is 0.339 e. The van der Waals surface area contributed by atoms with Crippen molar-refractivity contribution in [2.45, 2.75) is 20.3 Å². The molecule has 1 amide bonds. The van der Waals surface area contributed by atoms with Gasteiger partial charge in [-0.3, -0.25) is 4.79 Å². The lowest BCUT2D eigenvalue weighted by atomic mass is 10.1. The monoisotopic (exact) mass is 326 g/mol. The Morgan fingerprint density at radius 1 is 1.04 bits per heavy atom. The van der Waals surface area contributed by atoms with Crippen LogP contribution in [0, 0.1) is 13.8 Å². The lowest BCUT2D eigenvalue weighted by Crippen LogP contribution is -2.18. The van der Waals surface area contributed by atoms with Gasteiger partial charge in [0.1, 0.15) is 0 Å². The third kappa shape index (κ3) is 4.59. The van der Waals surface area contributed by atoms with Crippen LogP contribution in [-0.4, -0.2) is 25.5 Å². The molecule has 0 spiro atoms. The highest BCUT2D eigenvalue weighted by Crippen LogP contribution is 2.17. The quantitative estimate of drug-likeness (QED) is 0.797. The minimum Gasteiger partial charge on any atom is -0.465 e. The van der Waals surface area contributed by atoms with Crippen LogP contribution in [0.4, 0.5) is 11.4 Å². The number of amides is 1. The van der Waals surface area contributed by atoms with Crippen LogP contribution >= 0.6 is 0 Å². The third-order valence-corrected chi connectivity index (χ3v) is 3.67. The van der Waals surface area contributed by atoms with Crippen LogP contribution in [0.1, 0.15) is 27.9 Å². The van der Waals surface area contributed by atoms with E-state index in [2.05, 4.69) is 22.8 Å². The maximum atomic E-state index is 12.1. The fourth-order valence-corrected chi connectivity index (χ4v) is 2.33. The second-order valence-corrected chi connectivity index (χ2v) is 5.58. The van der Waals surface area contributed by atoms with E-state index in [0.29, 0.717) is 24.2 Å². The maximum absolute atomic E-state index is 12.1. The van der Waals surface area contributed by atoms with E-state index in [9.17, 15) is 9.59 Å². The standard InChI is InChI=1S/C19H22N2O3/c1-13-8-9-14(2)17(12-13)20-11-10-18(22)21-16-7-5-4-6-15(16)19(23)24-3/h4-9,12,20H,10-11H2,1-3H3,(H,21,22). The molecule has 0 unspecified atom stereocenters. The van der Waals surface area contributed by atoms with E-state index in [1.807, 2.05) is 19.9 Å². The Kier molecular flexibility index (Phi) is 5.95. The summed E-state index contributed by atoms with van der Waals surface area (Å²) in [5, 5.41) is 6.02. The molecule has 0 heterocycles. The molecule has 24 heavy (non-hydrogen) atoms. The van der Waals surface area contributed by atoms with Crippen LogP contribution in [0.2, 0.25) is 0 Å². The Morgan fingerprint density at radius 3 is 2.54 bits per heavy atom. The summed E-state index contributed by atoms with van der Waals surface area (Å²) in [6, 6.07) is 12.9. The smallest absolute Gasteiger partial charge is 0.339 e. The Morgan fingerprint density at radius 2 is 1.79 bits per heavy atom. The summed E-state index contributed by atoms with van der Waals surface area (Å²) in [6.45, 7) is 4.56. The van der Waals surface area contributed by atoms with Crippen molar-refractivity contribution in [3.8, 4) is 0 Å². The molecule has 0 saturated carbocycles. The zero-order chi connectivity index (χ0) is 17.5. The van der Waals surface area contributed by atoms with Gasteiger partial charge >= 0.3 is 5.97 Å². The summed E-state index contributed by atoms with van der Waals surface area (Å²) in [6.07, 6.45) is 0.295. The van der Waals surface area contributed by atoms with Gasteiger partial charge in [-0.05, 0) is 43.2 Å². The van der Waals surface area contributed by atoms with Gasteiger partial charge in [0.05, 0.1) is 18.4 Å². The lowest BCUT2D eigenvalue weighted by Gasteiger charge is -2.12. The second-order valence-electron chi connectivity index (χ2n) is 5.58. The van der Waals surface area contributed by atoms with Crippen LogP contribution < -0.4 is 10.6 Å². The number of rotatable bonds is 6. The zero-order valence-corrected chi connectivity index (χ0v) is 14.2. The number of carbonyl (C=O) groups is 2. The molecule has 0 aliphatic rings.